The molecule has 0 amide bonds. The summed E-state index contributed by atoms with van der Waals surface area (Å²) < 4.78 is 0. The Morgan fingerprint density at radius 1 is 1.39 bits per heavy atom. The van der Waals surface area contributed by atoms with Crippen molar-refractivity contribution in [2.75, 3.05) is 0 Å². The van der Waals surface area contributed by atoms with E-state index in [4.69, 9.17) is 0 Å². The summed E-state index contributed by atoms with van der Waals surface area (Å²) >= 11 is 0. The van der Waals surface area contributed by atoms with Crippen LogP contribution in [0.1, 0.15) is 64.0 Å². The van der Waals surface area contributed by atoms with Gasteiger partial charge < -0.3 is 4.98 Å². The molecule has 0 aromatic carbocycles. The minimum atomic E-state index is 0.131. The molecule has 1 heterocycles. The summed E-state index contributed by atoms with van der Waals surface area (Å²) in [6.45, 7) is 9.13. The van der Waals surface area contributed by atoms with Gasteiger partial charge in [-0.1, -0.05) is 34.1 Å². The fourth-order valence-corrected chi connectivity index (χ4v) is 2.61. The van der Waals surface area contributed by atoms with Crippen molar-refractivity contribution in [3.8, 4) is 0 Å². The summed E-state index contributed by atoms with van der Waals surface area (Å²) in [6, 6.07) is 0. The molecule has 0 aliphatic heterocycles. The van der Waals surface area contributed by atoms with E-state index in [0.29, 0.717) is 18.2 Å². The van der Waals surface area contributed by atoms with Crippen LogP contribution in [0.5, 0.6) is 0 Å². The second kappa shape index (κ2) is 7.34. The zero-order chi connectivity index (χ0) is 13.5. The van der Waals surface area contributed by atoms with E-state index >= 15 is 0 Å². The molecule has 102 valence electrons. The minimum Gasteiger partial charge on any atom is -0.342 e. The standard InChI is InChI=1S/C15H26N2O/c1-5-12(4)13(11(2)3)7-6-8-14(18)15-16-9-10-17-15/h9-13H,5-8H2,1-4H3,(H,16,17). The van der Waals surface area contributed by atoms with Crippen LogP contribution in [0.4, 0.5) is 0 Å². The highest BCUT2D eigenvalue weighted by Crippen LogP contribution is 2.28. The Hall–Kier alpha value is -1.12. The van der Waals surface area contributed by atoms with Gasteiger partial charge in [-0.15, -0.1) is 0 Å². The number of carbonyl (C=O) groups is 1. The number of Topliss-reactive ketones (excluding diaryl/α,β-unsaturated/α-hetero) is 1. The van der Waals surface area contributed by atoms with Crippen LogP contribution < -0.4 is 0 Å². The van der Waals surface area contributed by atoms with Gasteiger partial charge in [0.2, 0.25) is 0 Å². The van der Waals surface area contributed by atoms with Crippen LogP contribution in [-0.2, 0) is 0 Å². The van der Waals surface area contributed by atoms with Crippen LogP contribution in [0, 0.1) is 17.8 Å². The molecule has 0 radical (unpaired) electrons. The SMILES string of the molecule is CCC(C)C(CCCC(=O)c1ncc[nH]1)C(C)C. The highest BCUT2D eigenvalue weighted by atomic mass is 16.1. The maximum absolute atomic E-state index is 11.8. The van der Waals surface area contributed by atoms with Gasteiger partial charge in [-0.05, 0) is 30.6 Å². The van der Waals surface area contributed by atoms with E-state index in [1.54, 1.807) is 12.4 Å². The van der Waals surface area contributed by atoms with Crippen molar-refractivity contribution in [3.63, 3.8) is 0 Å². The van der Waals surface area contributed by atoms with Gasteiger partial charge in [0.15, 0.2) is 11.6 Å². The summed E-state index contributed by atoms with van der Waals surface area (Å²) in [5.74, 6) is 2.79. The van der Waals surface area contributed by atoms with E-state index in [-0.39, 0.29) is 5.78 Å². The van der Waals surface area contributed by atoms with Gasteiger partial charge in [-0.25, -0.2) is 4.98 Å². The smallest absolute Gasteiger partial charge is 0.198 e. The number of H-pyrrole nitrogens is 1. The number of hydrogen-bond acceptors (Lipinski definition) is 2. The summed E-state index contributed by atoms with van der Waals surface area (Å²) in [4.78, 5) is 18.7. The number of nitrogens with one attached hydrogen (secondary N) is 1. The third kappa shape index (κ3) is 4.28. The van der Waals surface area contributed by atoms with Gasteiger partial charge in [-0.2, -0.15) is 0 Å². The Kier molecular flexibility index (Phi) is 6.10. The van der Waals surface area contributed by atoms with Gasteiger partial charge in [0.05, 0.1) is 0 Å². The van der Waals surface area contributed by atoms with Crippen LogP contribution in [-0.4, -0.2) is 15.8 Å². The van der Waals surface area contributed by atoms with E-state index in [1.165, 1.54) is 6.42 Å². The van der Waals surface area contributed by atoms with Gasteiger partial charge >= 0.3 is 0 Å². The Morgan fingerprint density at radius 3 is 2.61 bits per heavy atom. The molecule has 2 atom stereocenters. The maximum atomic E-state index is 11.8. The Bertz CT molecular complexity index is 343. The van der Waals surface area contributed by atoms with Crippen molar-refractivity contribution < 1.29 is 4.79 Å². The number of hydrogen-bond donors (Lipinski definition) is 1. The second-order valence-electron chi connectivity index (χ2n) is 5.55. The first kappa shape index (κ1) is 14.9. The Balaban J connectivity index is 2.37. The van der Waals surface area contributed by atoms with Crippen molar-refractivity contribution in [1.82, 2.24) is 9.97 Å². The molecule has 0 aliphatic carbocycles. The molecule has 0 fully saturated rings. The van der Waals surface area contributed by atoms with Gasteiger partial charge in [0.25, 0.3) is 0 Å². The van der Waals surface area contributed by atoms with E-state index in [9.17, 15) is 4.79 Å². The normalized spacial score (nSPS) is 14.7. The number of imidazole rings is 1. The first-order chi connectivity index (χ1) is 8.56. The summed E-state index contributed by atoms with van der Waals surface area (Å²) in [6.07, 6.45) is 7.25. The molecule has 0 saturated heterocycles. The fourth-order valence-electron chi connectivity index (χ4n) is 2.61. The first-order valence-corrected chi connectivity index (χ1v) is 7.08. The molecule has 2 unspecified atom stereocenters. The van der Waals surface area contributed by atoms with Crippen molar-refractivity contribution in [2.45, 2.75) is 53.4 Å². The van der Waals surface area contributed by atoms with Crippen LogP contribution in [0.2, 0.25) is 0 Å². The second-order valence-corrected chi connectivity index (χ2v) is 5.55. The topological polar surface area (TPSA) is 45.8 Å². The maximum Gasteiger partial charge on any atom is 0.198 e. The van der Waals surface area contributed by atoms with Gasteiger partial charge in [0, 0.05) is 18.8 Å². The fraction of sp³-hybridized carbons (Fsp3) is 0.733. The molecular weight excluding hydrogens is 224 g/mol. The average molecular weight is 250 g/mol. The number of rotatable bonds is 8. The highest BCUT2D eigenvalue weighted by molar-refractivity contribution is 5.92. The van der Waals surface area contributed by atoms with Crippen LogP contribution in [0.25, 0.3) is 0 Å². The monoisotopic (exact) mass is 250 g/mol. The number of aromatic nitrogens is 2. The number of carbonyl (C=O) groups excluding carboxylic acids is 1. The number of ketones is 1. The van der Waals surface area contributed by atoms with Gasteiger partial charge in [0.1, 0.15) is 0 Å². The third-order valence-corrected chi connectivity index (χ3v) is 3.93. The van der Waals surface area contributed by atoms with Crippen molar-refractivity contribution in [1.29, 1.82) is 0 Å². The highest BCUT2D eigenvalue weighted by Gasteiger charge is 2.19. The molecule has 3 heteroatoms. The molecule has 0 saturated carbocycles. The quantitative estimate of drug-likeness (QED) is 0.706. The molecule has 0 aliphatic rings. The van der Waals surface area contributed by atoms with Crippen molar-refractivity contribution in [3.05, 3.63) is 18.2 Å². The lowest BCUT2D eigenvalue weighted by atomic mass is 9.79. The predicted octanol–water partition coefficient (Wildman–Crippen LogP) is 4.08. The lowest BCUT2D eigenvalue weighted by Crippen LogP contribution is -2.18. The molecule has 0 bridgehead atoms. The van der Waals surface area contributed by atoms with E-state index < -0.39 is 0 Å². The zero-order valence-corrected chi connectivity index (χ0v) is 12.1. The van der Waals surface area contributed by atoms with E-state index in [2.05, 4.69) is 37.7 Å². The minimum absolute atomic E-state index is 0.131. The number of nitrogens with zero attached hydrogens (tertiary/aromatic N) is 1. The molecule has 1 N–H and O–H groups in total. The summed E-state index contributed by atoms with van der Waals surface area (Å²) in [5, 5.41) is 0. The lowest BCUT2D eigenvalue weighted by molar-refractivity contribution is 0.0964. The number of aromatic amines is 1. The molecule has 1 aromatic rings. The van der Waals surface area contributed by atoms with E-state index in [1.807, 2.05) is 0 Å². The Labute approximate surface area is 110 Å². The predicted molar refractivity (Wildman–Crippen MR) is 74.6 cm³/mol. The molecule has 1 rings (SSSR count). The van der Waals surface area contributed by atoms with Crippen molar-refractivity contribution in [2.24, 2.45) is 17.8 Å². The first-order valence-electron chi connectivity index (χ1n) is 7.08. The lowest BCUT2D eigenvalue weighted by Gasteiger charge is -2.26. The average Bonchev–Trinajstić information content (AvgIpc) is 2.86. The molecule has 1 aromatic heterocycles. The largest absolute Gasteiger partial charge is 0.342 e. The van der Waals surface area contributed by atoms with Crippen LogP contribution in [0.3, 0.4) is 0 Å². The van der Waals surface area contributed by atoms with Crippen molar-refractivity contribution >= 4 is 5.78 Å². The molecule has 0 spiro atoms. The summed E-state index contributed by atoms with van der Waals surface area (Å²) in [5.41, 5.74) is 0. The molecule has 3 nitrogen and oxygen atoms in total. The third-order valence-electron chi connectivity index (χ3n) is 3.93. The molecular formula is C15H26N2O. The summed E-state index contributed by atoms with van der Waals surface area (Å²) in [7, 11) is 0. The molecule has 18 heavy (non-hydrogen) atoms. The van der Waals surface area contributed by atoms with Gasteiger partial charge in [-0.3, -0.25) is 4.79 Å². The van der Waals surface area contributed by atoms with E-state index in [0.717, 1.165) is 24.7 Å². The zero-order valence-electron chi connectivity index (χ0n) is 12.1. The van der Waals surface area contributed by atoms with Crippen LogP contribution >= 0.6 is 0 Å². The Morgan fingerprint density at radius 2 is 2.11 bits per heavy atom. The van der Waals surface area contributed by atoms with Crippen LogP contribution in [0.15, 0.2) is 12.4 Å².